The summed E-state index contributed by atoms with van der Waals surface area (Å²) in [5.74, 6) is -1.53. The summed E-state index contributed by atoms with van der Waals surface area (Å²) in [6, 6.07) is 5.31. The van der Waals surface area contributed by atoms with Crippen LogP contribution in [-0.2, 0) is 38.4 Å². The molecule has 3 aromatic rings. The number of carbonyl (C=O) groups excluding carboxylic acids is 3. The zero-order chi connectivity index (χ0) is 27.8. The van der Waals surface area contributed by atoms with E-state index in [2.05, 4.69) is 27.2 Å². The second-order valence-electron chi connectivity index (χ2n) is 10.4. The lowest BCUT2D eigenvalue weighted by Crippen LogP contribution is -2.51. The van der Waals surface area contributed by atoms with Gasteiger partial charge in [-0.25, -0.2) is 4.98 Å². The van der Waals surface area contributed by atoms with Crippen molar-refractivity contribution in [2.75, 3.05) is 13.6 Å². The molecule has 1 aliphatic carbocycles. The van der Waals surface area contributed by atoms with Gasteiger partial charge in [-0.05, 0) is 43.7 Å². The Kier molecular flexibility index (Phi) is 7.98. The molecule has 2 aliphatic rings. The number of aromatic nitrogens is 2. The van der Waals surface area contributed by atoms with Crippen LogP contribution in [0.1, 0.15) is 71.2 Å². The third-order valence-electron chi connectivity index (χ3n) is 7.50. The van der Waals surface area contributed by atoms with E-state index in [0.717, 1.165) is 52.2 Å². The van der Waals surface area contributed by atoms with E-state index < -0.39 is 24.1 Å². The van der Waals surface area contributed by atoms with Crippen molar-refractivity contribution in [2.45, 2.75) is 77.2 Å². The number of esters is 2. The van der Waals surface area contributed by atoms with E-state index in [1.165, 1.54) is 25.2 Å². The van der Waals surface area contributed by atoms with Gasteiger partial charge in [0.25, 0.3) is 5.91 Å². The number of nitrogens with zero attached hydrogens (tertiary/aromatic N) is 2. The average Bonchev–Trinajstić information content (AvgIpc) is 3.45. The summed E-state index contributed by atoms with van der Waals surface area (Å²) < 4.78 is 11.5. The van der Waals surface area contributed by atoms with Gasteiger partial charge < -0.3 is 24.7 Å². The first kappa shape index (κ1) is 27.6. The van der Waals surface area contributed by atoms with Gasteiger partial charge in [0.05, 0.1) is 5.69 Å². The van der Waals surface area contributed by atoms with Crippen molar-refractivity contribution in [1.29, 1.82) is 0 Å². The fraction of sp³-hybridized carbons (Fsp3) is 0.500. The second-order valence-corrected chi connectivity index (χ2v) is 11.9. The SMILES string of the molecule is CCc1[nH]c2ccc(Cl)cc2c1C1C[C@H](NC(=O)c2nc3c(s2)CN(C)CC3)CC(OC(C)=O)C1OC(C)=O. The van der Waals surface area contributed by atoms with Crippen LogP contribution in [0.15, 0.2) is 18.2 Å². The molecular formula is C28H33ClN4O5S. The molecule has 0 bridgehead atoms. The van der Waals surface area contributed by atoms with Crippen LogP contribution in [0.5, 0.6) is 0 Å². The molecule has 5 rings (SSSR count). The number of hydrogen-bond donors (Lipinski definition) is 2. The minimum atomic E-state index is -0.734. The number of benzene rings is 1. The van der Waals surface area contributed by atoms with E-state index in [-0.39, 0.29) is 17.9 Å². The van der Waals surface area contributed by atoms with Crippen LogP contribution in [0.25, 0.3) is 10.9 Å². The van der Waals surface area contributed by atoms with Gasteiger partial charge in [0.2, 0.25) is 0 Å². The van der Waals surface area contributed by atoms with E-state index in [4.69, 9.17) is 21.1 Å². The number of aryl methyl sites for hydroxylation is 1. The lowest BCUT2D eigenvalue weighted by atomic mass is 9.76. The van der Waals surface area contributed by atoms with Crippen molar-refractivity contribution in [3.63, 3.8) is 0 Å². The lowest BCUT2D eigenvalue weighted by Gasteiger charge is -2.41. The summed E-state index contributed by atoms with van der Waals surface area (Å²) >= 11 is 7.81. The molecule has 4 atom stereocenters. The Bertz CT molecular complexity index is 1420. The van der Waals surface area contributed by atoms with Crippen LogP contribution in [0.2, 0.25) is 5.02 Å². The predicted octanol–water partition coefficient (Wildman–Crippen LogP) is 4.37. The average molecular weight is 573 g/mol. The molecule has 3 heterocycles. The molecule has 0 radical (unpaired) electrons. The quantitative estimate of drug-likeness (QED) is 0.422. The Morgan fingerprint density at radius 3 is 2.69 bits per heavy atom. The minimum absolute atomic E-state index is 0.244. The number of fused-ring (bicyclic) bond motifs is 2. The van der Waals surface area contributed by atoms with Crippen LogP contribution in [0.3, 0.4) is 0 Å². The number of H-pyrrole nitrogens is 1. The van der Waals surface area contributed by atoms with Crippen molar-refractivity contribution in [3.8, 4) is 0 Å². The summed E-state index contributed by atoms with van der Waals surface area (Å²) in [5, 5.41) is 5.10. The Labute approximate surface area is 236 Å². The highest BCUT2D eigenvalue weighted by Crippen LogP contribution is 2.42. The first-order chi connectivity index (χ1) is 18.6. The first-order valence-electron chi connectivity index (χ1n) is 13.2. The smallest absolute Gasteiger partial charge is 0.303 e. The molecule has 11 heteroatoms. The van der Waals surface area contributed by atoms with E-state index in [0.29, 0.717) is 29.3 Å². The number of amides is 1. The van der Waals surface area contributed by atoms with Gasteiger partial charge in [-0.1, -0.05) is 18.5 Å². The number of hydrogen-bond acceptors (Lipinski definition) is 8. The summed E-state index contributed by atoms with van der Waals surface area (Å²) in [6.07, 6.45) is 0.884. The van der Waals surface area contributed by atoms with E-state index >= 15 is 0 Å². The van der Waals surface area contributed by atoms with E-state index in [9.17, 15) is 14.4 Å². The number of halogens is 1. The maximum Gasteiger partial charge on any atom is 0.303 e. The summed E-state index contributed by atoms with van der Waals surface area (Å²) in [7, 11) is 2.06. The largest absolute Gasteiger partial charge is 0.459 e. The monoisotopic (exact) mass is 572 g/mol. The Balaban J connectivity index is 1.50. The van der Waals surface area contributed by atoms with Gasteiger partial charge in [0, 0.05) is 78.2 Å². The predicted molar refractivity (Wildman–Crippen MR) is 149 cm³/mol. The maximum absolute atomic E-state index is 13.4. The highest BCUT2D eigenvalue weighted by atomic mass is 35.5. The molecule has 1 aromatic carbocycles. The molecule has 2 aromatic heterocycles. The molecule has 1 aliphatic heterocycles. The molecular weight excluding hydrogens is 540 g/mol. The van der Waals surface area contributed by atoms with Crippen LogP contribution in [0, 0.1) is 0 Å². The third-order valence-corrected chi connectivity index (χ3v) is 8.81. The molecule has 1 saturated carbocycles. The summed E-state index contributed by atoms with van der Waals surface area (Å²) in [6.45, 7) is 6.43. The van der Waals surface area contributed by atoms with Crippen LogP contribution in [0.4, 0.5) is 0 Å². The number of ether oxygens (including phenoxy) is 2. The topological polar surface area (TPSA) is 114 Å². The molecule has 0 spiro atoms. The number of thiazole rings is 1. The zero-order valence-electron chi connectivity index (χ0n) is 22.5. The zero-order valence-corrected chi connectivity index (χ0v) is 24.1. The van der Waals surface area contributed by atoms with E-state index in [1.807, 2.05) is 25.1 Å². The molecule has 39 heavy (non-hydrogen) atoms. The van der Waals surface area contributed by atoms with Gasteiger partial charge in [-0.3, -0.25) is 14.4 Å². The standard InChI is InChI=1S/C28H33ClN4O5S/c1-5-20-25(18-10-16(29)6-7-21(18)31-20)19-11-17(12-23(37-14(2)34)26(19)38-15(3)35)30-27(36)28-32-22-8-9-33(4)13-24(22)39-28/h6-7,10,17,19,23,26,31H,5,8-9,11-13H2,1-4H3,(H,30,36)/t17-,19?,23?,26?/m0/s1. The molecule has 208 valence electrons. The van der Waals surface area contributed by atoms with Crippen LogP contribution < -0.4 is 5.32 Å². The molecule has 3 unspecified atom stereocenters. The Morgan fingerprint density at radius 2 is 1.97 bits per heavy atom. The number of aromatic amines is 1. The van der Waals surface area contributed by atoms with Gasteiger partial charge in [-0.2, -0.15) is 0 Å². The van der Waals surface area contributed by atoms with Gasteiger partial charge in [0.1, 0.15) is 12.2 Å². The summed E-state index contributed by atoms with van der Waals surface area (Å²) in [4.78, 5) is 49.2. The van der Waals surface area contributed by atoms with E-state index in [1.54, 1.807) is 0 Å². The number of rotatable bonds is 6. The van der Waals surface area contributed by atoms with Crippen molar-refractivity contribution in [2.24, 2.45) is 0 Å². The molecule has 0 saturated heterocycles. The Hall–Kier alpha value is -2.95. The second kappa shape index (κ2) is 11.3. The molecule has 1 amide bonds. The third kappa shape index (κ3) is 5.83. The van der Waals surface area contributed by atoms with Crippen molar-refractivity contribution >= 4 is 51.7 Å². The van der Waals surface area contributed by atoms with Crippen molar-refractivity contribution in [1.82, 2.24) is 20.2 Å². The lowest BCUT2D eigenvalue weighted by molar-refractivity contribution is -0.171. The highest BCUT2D eigenvalue weighted by molar-refractivity contribution is 7.13. The van der Waals surface area contributed by atoms with Crippen LogP contribution >= 0.6 is 22.9 Å². The van der Waals surface area contributed by atoms with Gasteiger partial charge in [0.15, 0.2) is 5.01 Å². The number of nitrogens with one attached hydrogen (secondary N) is 2. The van der Waals surface area contributed by atoms with Crippen molar-refractivity contribution in [3.05, 3.63) is 50.1 Å². The highest BCUT2D eigenvalue weighted by Gasteiger charge is 2.45. The van der Waals surface area contributed by atoms with Crippen LogP contribution in [-0.4, -0.2) is 64.6 Å². The minimum Gasteiger partial charge on any atom is -0.459 e. The maximum atomic E-state index is 13.4. The molecule has 9 nitrogen and oxygen atoms in total. The normalized spacial score (nSPS) is 23.3. The first-order valence-corrected chi connectivity index (χ1v) is 14.4. The fourth-order valence-corrected chi connectivity index (χ4v) is 7.16. The fourth-order valence-electron chi connectivity index (χ4n) is 5.90. The van der Waals surface area contributed by atoms with Gasteiger partial charge >= 0.3 is 11.9 Å². The number of likely N-dealkylation sites (N-methyl/N-ethyl adjacent to an activating group) is 1. The Morgan fingerprint density at radius 1 is 1.21 bits per heavy atom. The molecule has 1 fully saturated rings. The van der Waals surface area contributed by atoms with Gasteiger partial charge in [-0.15, -0.1) is 11.3 Å². The number of carbonyl (C=O) groups is 3. The van der Waals surface area contributed by atoms with Crippen molar-refractivity contribution < 1.29 is 23.9 Å². The summed E-state index contributed by atoms with van der Waals surface area (Å²) in [5.41, 5.74) is 3.85. The molecule has 2 N–H and O–H groups in total.